The molecule has 2 heterocycles. The minimum absolute atomic E-state index is 0.156. The highest BCUT2D eigenvalue weighted by molar-refractivity contribution is 5.70. The van der Waals surface area contributed by atoms with Crippen LogP contribution >= 0.6 is 0 Å². The Morgan fingerprint density at radius 1 is 0.456 bits per heavy atom. The van der Waals surface area contributed by atoms with Gasteiger partial charge in [-0.2, -0.15) is 0 Å². The maximum absolute atomic E-state index is 13.0. The summed E-state index contributed by atoms with van der Waals surface area (Å²) >= 11 is 0. The van der Waals surface area contributed by atoms with Crippen LogP contribution in [0.5, 0.6) is 0 Å². The van der Waals surface area contributed by atoms with Crippen molar-refractivity contribution in [2.24, 2.45) is 0 Å². The molecule has 2 fully saturated rings. The Kier molecular flexibility index (Phi) is 37.0. The molecule has 11 atom stereocenters. The lowest BCUT2D eigenvalue weighted by Crippen LogP contribution is -2.61. The molecule has 0 aromatic heterocycles. The monoisotopic (exact) mass is 973 g/mol. The minimum Gasteiger partial charge on any atom is -0.462 e. The fourth-order valence-electron chi connectivity index (χ4n) is 8.44. The van der Waals surface area contributed by atoms with E-state index in [1.54, 1.807) is 0 Å². The molecule has 15 heteroatoms. The van der Waals surface area contributed by atoms with Crippen molar-refractivity contribution in [3.8, 4) is 0 Å². The van der Waals surface area contributed by atoms with E-state index in [1.165, 1.54) is 109 Å². The van der Waals surface area contributed by atoms with Gasteiger partial charge in [-0.3, -0.25) is 9.59 Å². The van der Waals surface area contributed by atoms with Crippen molar-refractivity contribution >= 4 is 11.9 Å². The van der Waals surface area contributed by atoms with Crippen LogP contribution in [-0.2, 0) is 38.0 Å². The predicted molar refractivity (Wildman–Crippen MR) is 261 cm³/mol. The normalized spacial score (nSPS) is 25.9. The molecule has 0 saturated carbocycles. The van der Waals surface area contributed by atoms with Crippen molar-refractivity contribution in [1.29, 1.82) is 0 Å². The second kappa shape index (κ2) is 40.6. The molecule has 398 valence electrons. The summed E-state index contributed by atoms with van der Waals surface area (Å²) in [5, 5.41) is 72.1. The molecule has 0 spiro atoms. The molecule has 15 nitrogen and oxygen atoms in total. The molecular formula is C53H96O15. The van der Waals surface area contributed by atoms with Crippen molar-refractivity contribution in [3.63, 3.8) is 0 Å². The zero-order valence-electron chi connectivity index (χ0n) is 42.1. The van der Waals surface area contributed by atoms with E-state index < -0.39 is 92.7 Å². The smallest absolute Gasteiger partial charge is 0.306 e. The van der Waals surface area contributed by atoms with E-state index in [9.17, 15) is 45.3 Å². The van der Waals surface area contributed by atoms with Gasteiger partial charge in [-0.1, -0.05) is 154 Å². The Morgan fingerprint density at radius 3 is 1.31 bits per heavy atom. The van der Waals surface area contributed by atoms with Gasteiger partial charge in [0.1, 0.15) is 55.4 Å². The van der Waals surface area contributed by atoms with Gasteiger partial charge in [-0.15, -0.1) is 0 Å². The summed E-state index contributed by atoms with van der Waals surface area (Å²) in [6.07, 6.45) is 24.9. The lowest BCUT2D eigenvalue weighted by Gasteiger charge is -2.42. The summed E-state index contributed by atoms with van der Waals surface area (Å²) in [6, 6.07) is 0. The van der Waals surface area contributed by atoms with Crippen LogP contribution in [0.1, 0.15) is 206 Å². The second-order valence-corrected chi connectivity index (χ2v) is 19.0. The largest absolute Gasteiger partial charge is 0.462 e. The molecule has 0 amide bonds. The molecule has 2 rings (SSSR count). The molecule has 0 aromatic rings. The van der Waals surface area contributed by atoms with Crippen LogP contribution in [0.3, 0.4) is 0 Å². The van der Waals surface area contributed by atoms with E-state index >= 15 is 0 Å². The average molecular weight is 973 g/mol. The topological polar surface area (TPSA) is 231 Å². The van der Waals surface area contributed by atoms with E-state index in [0.29, 0.717) is 12.8 Å². The Labute approximate surface area is 409 Å². The third-order valence-corrected chi connectivity index (χ3v) is 12.9. The number of carbonyl (C=O) groups excluding carboxylic acids is 2. The van der Waals surface area contributed by atoms with Gasteiger partial charge in [-0.05, 0) is 64.2 Å². The number of hydrogen-bond acceptors (Lipinski definition) is 15. The number of aliphatic hydroxyl groups is 7. The maximum Gasteiger partial charge on any atom is 0.306 e. The number of rotatable bonds is 42. The number of allylic oxidation sites excluding steroid dienone is 4. The van der Waals surface area contributed by atoms with Gasteiger partial charge >= 0.3 is 11.9 Å². The van der Waals surface area contributed by atoms with Crippen molar-refractivity contribution in [3.05, 3.63) is 24.3 Å². The zero-order chi connectivity index (χ0) is 49.6. The number of aliphatic hydroxyl groups excluding tert-OH is 7. The highest BCUT2D eigenvalue weighted by atomic mass is 16.7. The molecule has 7 N–H and O–H groups in total. The standard InChI is InChI=1S/C53H96O15/c1-3-5-7-9-11-13-15-17-18-19-20-21-22-24-25-27-29-31-33-35-44(55)63-38-41(66-45(56)36-34-32-30-28-26-23-16-14-12-10-8-6-4-2)39-64-52-51(62)49(60)47(58)43(68-52)40-65-53-50(61)48(59)46(57)42(37-54)67-53/h14,16-18,41-43,46-54,57-62H,3-13,15,19-40H2,1-2H3/b16-14+,18-17+/t41-,42+,43+,46-,47-,48?,49?,50?,51?,52+,53+/m0/s1. The highest BCUT2D eigenvalue weighted by Crippen LogP contribution is 2.26. The van der Waals surface area contributed by atoms with Crippen molar-refractivity contribution in [2.45, 2.75) is 274 Å². The Hall–Kier alpha value is -2.02. The van der Waals surface area contributed by atoms with Gasteiger partial charge in [-0.25, -0.2) is 0 Å². The van der Waals surface area contributed by atoms with Crippen LogP contribution in [0.25, 0.3) is 0 Å². The molecule has 68 heavy (non-hydrogen) atoms. The van der Waals surface area contributed by atoms with Crippen molar-refractivity contribution in [2.75, 3.05) is 26.4 Å². The SMILES string of the molecule is CCCCCC/C=C/CCCCCCCC(=O)O[C@@H](COC(=O)CCCCCCCCCCC/C=C/CCCCCCCC)CO[C@@H]1O[C@H](CO[C@@H]2O[C@H](CO)[C@H](O)C(O)C2O)[C@H](O)C(O)C1O. The van der Waals surface area contributed by atoms with Crippen LogP contribution in [0.15, 0.2) is 24.3 Å². The first-order valence-electron chi connectivity index (χ1n) is 26.9. The zero-order valence-corrected chi connectivity index (χ0v) is 42.1. The molecule has 0 aliphatic carbocycles. The van der Waals surface area contributed by atoms with Gasteiger partial charge in [0, 0.05) is 12.8 Å². The summed E-state index contributed by atoms with van der Waals surface area (Å²) in [7, 11) is 0. The molecular weight excluding hydrogens is 877 g/mol. The van der Waals surface area contributed by atoms with Crippen LogP contribution in [0, 0.1) is 0 Å². The quantitative estimate of drug-likeness (QED) is 0.0175. The average Bonchev–Trinajstić information content (AvgIpc) is 3.33. The molecule has 2 aliphatic heterocycles. The summed E-state index contributed by atoms with van der Waals surface area (Å²) in [4.78, 5) is 25.8. The Bertz CT molecular complexity index is 1280. The molecule has 0 aromatic carbocycles. The molecule has 4 unspecified atom stereocenters. The van der Waals surface area contributed by atoms with Gasteiger partial charge < -0.3 is 64.2 Å². The lowest BCUT2D eigenvalue weighted by atomic mass is 9.98. The molecule has 2 saturated heterocycles. The van der Waals surface area contributed by atoms with Crippen molar-refractivity contribution in [1.82, 2.24) is 0 Å². The second-order valence-electron chi connectivity index (χ2n) is 19.0. The molecule has 0 radical (unpaired) electrons. The Morgan fingerprint density at radius 2 is 0.838 bits per heavy atom. The van der Waals surface area contributed by atoms with Gasteiger partial charge in [0.05, 0.1) is 19.8 Å². The lowest BCUT2D eigenvalue weighted by molar-refractivity contribution is -0.332. The summed E-state index contributed by atoms with van der Waals surface area (Å²) in [5.41, 5.74) is 0. The van der Waals surface area contributed by atoms with E-state index in [1.807, 2.05) is 0 Å². The van der Waals surface area contributed by atoms with Gasteiger partial charge in [0.15, 0.2) is 18.7 Å². The maximum atomic E-state index is 13.0. The number of carbonyl (C=O) groups is 2. The predicted octanol–water partition coefficient (Wildman–Crippen LogP) is 7.94. The van der Waals surface area contributed by atoms with E-state index in [2.05, 4.69) is 38.2 Å². The highest BCUT2D eigenvalue weighted by Gasteiger charge is 2.47. The Balaban J connectivity index is 1.78. The summed E-state index contributed by atoms with van der Waals surface area (Å²) in [6.45, 7) is 2.57. The van der Waals surface area contributed by atoms with Gasteiger partial charge in [0.25, 0.3) is 0 Å². The van der Waals surface area contributed by atoms with E-state index in [-0.39, 0.29) is 26.1 Å². The first-order chi connectivity index (χ1) is 33.0. The van der Waals surface area contributed by atoms with Crippen LogP contribution in [0.2, 0.25) is 0 Å². The van der Waals surface area contributed by atoms with E-state index in [4.69, 9.17) is 28.4 Å². The van der Waals surface area contributed by atoms with Crippen LogP contribution in [-0.4, -0.2) is 142 Å². The summed E-state index contributed by atoms with van der Waals surface area (Å²) < 4.78 is 33.6. The fourth-order valence-corrected chi connectivity index (χ4v) is 8.44. The number of esters is 2. The van der Waals surface area contributed by atoms with Gasteiger partial charge in [0.2, 0.25) is 0 Å². The third-order valence-electron chi connectivity index (χ3n) is 12.9. The minimum atomic E-state index is -1.76. The summed E-state index contributed by atoms with van der Waals surface area (Å²) in [5.74, 6) is -0.931. The number of unbranched alkanes of at least 4 members (excludes halogenated alkanes) is 24. The molecule has 2 aliphatic rings. The van der Waals surface area contributed by atoms with E-state index in [0.717, 1.165) is 57.8 Å². The van der Waals surface area contributed by atoms with Crippen LogP contribution in [0.4, 0.5) is 0 Å². The number of ether oxygens (including phenoxy) is 6. The van der Waals surface area contributed by atoms with Crippen LogP contribution < -0.4 is 0 Å². The fraction of sp³-hybridized carbons (Fsp3) is 0.887. The van der Waals surface area contributed by atoms with Crippen molar-refractivity contribution < 1.29 is 73.8 Å². The molecule has 0 bridgehead atoms. The number of hydrogen-bond donors (Lipinski definition) is 7. The first kappa shape index (κ1) is 62.1. The first-order valence-corrected chi connectivity index (χ1v) is 26.9. The third kappa shape index (κ3) is 28.1.